The number of hydrogen-bond acceptors (Lipinski definition) is 4. The van der Waals surface area contributed by atoms with E-state index in [1.165, 1.54) is 0 Å². The zero-order valence-electron chi connectivity index (χ0n) is 11.9. The summed E-state index contributed by atoms with van der Waals surface area (Å²) in [7, 11) is 0. The predicted octanol–water partition coefficient (Wildman–Crippen LogP) is -0.00753. The standard InChI is InChI=1S/C14H23N5O2/c15-9-12(10-5-2-1-3-6-10)19-11(13(20)21)7-4-8-18-14(16)17/h1-3,5-6,11-12,19H,4,7-9,15H2,(H,20,21)(H4,16,17,18)/t11-,12?/m1/s1. The first kappa shape index (κ1) is 16.9. The lowest BCUT2D eigenvalue weighted by Gasteiger charge is -2.22. The molecule has 1 aromatic carbocycles. The van der Waals surface area contributed by atoms with Gasteiger partial charge >= 0.3 is 5.97 Å². The fourth-order valence-corrected chi connectivity index (χ4v) is 2.04. The molecule has 0 bridgehead atoms. The largest absolute Gasteiger partial charge is 0.480 e. The van der Waals surface area contributed by atoms with Crippen molar-refractivity contribution in [2.24, 2.45) is 11.5 Å². The molecule has 2 atom stereocenters. The van der Waals surface area contributed by atoms with Gasteiger partial charge in [-0.3, -0.25) is 15.5 Å². The van der Waals surface area contributed by atoms with Crippen molar-refractivity contribution in [2.45, 2.75) is 24.9 Å². The van der Waals surface area contributed by atoms with Crippen molar-refractivity contribution in [3.05, 3.63) is 35.9 Å². The molecule has 0 spiro atoms. The molecule has 0 aliphatic heterocycles. The van der Waals surface area contributed by atoms with Gasteiger partial charge in [-0.25, -0.2) is 0 Å². The van der Waals surface area contributed by atoms with Crippen molar-refractivity contribution < 1.29 is 9.90 Å². The summed E-state index contributed by atoms with van der Waals surface area (Å²) < 4.78 is 0. The number of hydrogen-bond donors (Lipinski definition) is 6. The molecule has 0 fully saturated rings. The molecule has 0 amide bonds. The molecule has 0 aromatic heterocycles. The molecule has 0 saturated heterocycles. The first-order chi connectivity index (χ1) is 10.0. The van der Waals surface area contributed by atoms with Crippen LogP contribution in [0.5, 0.6) is 0 Å². The van der Waals surface area contributed by atoms with Gasteiger partial charge in [-0.2, -0.15) is 0 Å². The minimum atomic E-state index is -0.910. The van der Waals surface area contributed by atoms with E-state index >= 15 is 0 Å². The van der Waals surface area contributed by atoms with E-state index in [1.54, 1.807) is 0 Å². The summed E-state index contributed by atoms with van der Waals surface area (Å²) in [5.74, 6) is -1.02. The minimum Gasteiger partial charge on any atom is -0.480 e. The fourth-order valence-electron chi connectivity index (χ4n) is 2.04. The zero-order valence-corrected chi connectivity index (χ0v) is 11.9. The Labute approximate surface area is 124 Å². The van der Waals surface area contributed by atoms with Crippen molar-refractivity contribution >= 4 is 11.9 Å². The van der Waals surface area contributed by atoms with E-state index in [4.69, 9.17) is 16.9 Å². The number of rotatable bonds is 9. The molecule has 1 aromatic rings. The molecule has 1 unspecified atom stereocenters. The molecule has 21 heavy (non-hydrogen) atoms. The van der Waals surface area contributed by atoms with Crippen LogP contribution < -0.4 is 22.1 Å². The number of carbonyl (C=O) groups is 1. The van der Waals surface area contributed by atoms with Gasteiger partial charge in [0.2, 0.25) is 0 Å². The molecule has 0 heterocycles. The molecule has 7 nitrogen and oxygen atoms in total. The molecule has 0 radical (unpaired) electrons. The molecule has 1 rings (SSSR count). The SMILES string of the molecule is N=C(N)NCCC[C@@H](NC(CN)c1ccccc1)C(=O)O. The smallest absolute Gasteiger partial charge is 0.320 e. The Bertz CT molecular complexity index is 452. The van der Waals surface area contributed by atoms with Crippen LogP contribution in [0.25, 0.3) is 0 Å². The Morgan fingerprint density at radius 3 is 2.52 bits per heavy atom. The molecule has 116 valence electrons. The summed E-state index contributed by atoms with van der Waals surface area (Å²) in [6.45, 7) is 0.791. The predicted molar refractivity (Wildman–Crippen MR) is 81.9 cm³/mol. The van der Waals surface area contributed by atoms with Crippen LogP contribution in [0.2, 0.25) is 0 Å². The lowest BCUT2D eigenvalue weighted by molar-refractivity contribution is -0.139. The Hall–Kier alpha value is -2.12. The Morgan fingerprint density at radius 2 is 2.00 bits per heavy atom. The van der Waals surface area contributed by atoms with Gasteiger partial charge in [-0.15, -0.1) is 0 Å². The summed E-state index contributed by atoms with van der Waals surface area (Å²) in [4.78, 5) is 11.3. The second-order valence-corrected chi connectivity index (χ2v) is 4.74. The minimum absolute atomic E-state index is 0.112. The monoisotopic (exact) mass is 293 g/mol. The van der Waals surface area contributed by atoms with E-state index in [9.17, 15) is 9.90 Å². The number of guanidine groups is 1. The first-order valence-corrected chi connectivity index (χ1v) is 6.86. The number of carboxylic acids is 1. The van der Waals surface area contributed by atoms with Crippen LogP contribution >= 0.6 is 0 Å². The number of carboxylic acid groups (broad SMARTS) is 1. The lowest BCUT2D eigenvalue weighted by Crippen LogP contribution is -2.42. The third kappa shape index (κ3) is 6.24. The lowest BCUT2D eigenvalue weighted by atomic mass is 10.0. The highest BCUT2D eigenvalue weighted by Crippen LogP contribution is 2.13. The van der Waals surface area contributed by atoms with Crippen molar-refractivity contribution in [3.63, 3.8) is 0 Å². The van der Waals surface area contributed by atoms with Gasteiger partial charge in [-0.05, 0) is 18.4 Å². The van der Waals surface area contributed by atoms with E-state index in [2.05, 4.69) is 10.6 Å². The van der Waals surface area contributed by atoms with Gasteiger partial charge in [0.15, 0.2) is 5.96 Å². The van der Waals surface area contributed by atoms with E-state index < -0.39 is 12.0 Å². The summed E-state index contributed by atoms with van der Waals surface area (Å²) >= 11 is 0. The maximum absolute atomic E-state index is 11.3. The average molecular weight is 293 g/mol. The summed E-state index contributed by atoms with van der Waals surface area (Å²) in [5, 5.41) is 22.0. The topological polar surface area (TPSA) is 137 Å². The Kier molecular flexibility index (Phi) is 7.20. The van der Waals surface area contributed by atoms with Crippen molar-refractivity contribution in [3.8, 4) is 0 Å². The van der Waals surface area contributed by atoms with Gasteiger partial charge in [0, 0.05) is 19.1 Å². The summed E-state index contributed by atoms with van der Waals surface area (Å²) in [5.41, 5.74) is 11.9. The highest BCUT2D eigenvalue weighted by molar-refractivity contribution is 5.74. The van der Waals surface area contributed by atoms with Crippen molar-refractivity contribution in [1.82, 2.24) is 10.6 Å². The zero-order chi connectivity index (χ0) is 15.7. The van der Waals surface area contributed by atoms with Crippen LogP contribution in [0.4, 0.5) is 0 Å². The van der Waals surface area contributed by atoms with E-state index in [0.717, 1.165) is 5.56 Å². The third-order valence-corrected chi connectivity index (χ3v) is 3.12. The molecule has 7 heteroatoms. The first-order valence-electron chi connectivity index (χ1n) is 6.86. The van der Waals surface area contributed by atoms with Gasteiger partial charge in [-0.1, -0.05) is 30.3 Å². The Balaban J connectivity index is 2.56. The fraction of sp³-hybridized carbons (Fsp3) is 0.429. The molecular weight excluding hydrogens is 270 g/mol. The molecule has 0 saturated carbocycles. The number of benzene rings is 1. The van der Waals surface area contributed by atoms with Crippen molar-refractivity contribution in [2.75, 3.05) is 13.1 Å². The maximum Gasteiger partial charge on any atom is 0.320 e. The van der Waals surface area contributed by atoms with Gasteiger partial charge in [0.05, 0.1) is 0 Å². The molecule has 8 N–H and O–H groups in total. The van der Waals surface area contributed by atoms with Gasteiger partial charge in [0.25, 0.3) is 0 Å². The summed E-state index contributed by atoms with van der Waals surface area (Å²) in [6.07, 6.45) is 1.02. The molecular formula is C14H23N5O2. The number of aliphatic carboxylic acids is 1. The van der Waals surface area contributed by atoms with Crippen LogP contribution in [-0.4, -0.2) is 36.2 Å². The second kappa shape index (κ2) is 8.93. The second-order valence-electron chi connectivity index (χ2n) is 4.74. The molecule has 0 aliphatic carbocycles. The van der Waals surface area contributed by atoms with Crippen LogP contribution in [0.1, 0.15) is 24.4 Å². The summed E-state index contributed by atoms with van der Waals surface area (Å²) in [6, 6.07) is 8.64. The van der Waals surface area contributed by atoms with Crippen LogP contribution in [0, 0.1) is 5.41 Å². The van der Waals surface area contributed by atoms with Gasteiger partial charge < -0.3 is 21.9 Å². The molecule has 0 aliphatic rings. The van der Waals surface area contributed by atoms with Crippen LogP contribution in [0.3, 0.4) is 0 Å². The Morgan fingerprint density at radius 1 is 1.33 bits per heavy atom. The quantitative estimate of drug-likeness (QED) is 0.215. The van der Waals surface area contributed by atoms with Crippen LogP contribution in [0.15, 0.2) is 30.3 Å². The third-order valence-electron chi connectivity index (χ3n) is 3.12. The number of nitrogens with one attached hydrogen (secondary N) is 3. The van der Waals surface area contributed by atoms with E-state index in [-0.39, 0.29) is 12.0 Å². The van der Waals surface area contributed by atoms with E-state index in [0.29, 0.717) is 25.9 Å². The highest BCUT2D eigenvalue weighted by Gasteiger charge is 2.21. The van der Waals surface area contributed by atoms with E-state index in [1.807, 2.05) is 30.3 Å². The number of nitrogens with two attached hydrogens (primary N) is 2. The average Bonchev–Trinajstić information content (AvgIpc) is 2.47. The van der Waals surface area contributed by atoms with Crippen LogP contribution in [-0.2, 0) is 4.79 Å². The normalized spacial score (nSPS) is 13.4. The van der Waals surface area contributed by atoms with Gasteiger partial charge in [0.1, 0.15) is 6.04 Å². The van der Waals surface area contributed by atoms with Crippen molar-refractivity contribution in [1.29, 1.82) is 5.41 Å². The maximum atomic E-state index is 11.3. The highest BCUT2D eigenvalue weighted by atomic mass is 16.4.